The van der Waals surface area contributed by atoms with Gasteiger partial charge in [-0.05, 0) is 48.2 Å². The predicted molar refractivity (Wildman–Crippen MR) is 150 cm³/mol. The average Bonchev–Trinajstić information content (AvgIpc) is 3.39. The van der Waals surface area contributed by atoms with Crippen molar-refractivity contribution >= 4 is 33.6 Å². The molecule has 200 valence electrons. The Morgan fingerprint density at radius 2 is 1.69 bits per heavy atom. The first-order valence-electron chi connectivity index (χ1n) is 12.4. The molecule has 2 amide bonds. The Labute approximate surface area is 227 Å². The first-order chi connectivity index (χ1) is 18.8. The van der Waals surface area contributed by atoms with Crippen LogP contribution in [0, 0.1) is 5.92 Å². The smallest absolute Gasteiger partial charge is 0.257 e. The van der Waals surface area contributed by atoms with Crippen molar-refractivity contribution in [3.05, 3.63) is 120 Å². The Balaban J connectivity index is 1.57. The highest BCUT2D eigenvalue weighted by atomic mass is 32.2. The molecule has 39 heavy (non-hydrogen) atoms. The summed E-state index contributed by atoms with van der Waals surface area (Å²) in [6.45, 7) is 2.56. The Hall–Kier alpha value is -4.57. The van der Waals surface area contributed by atoms with Crippen molar-refractivity contribution in [1.82, 2.24) is 19.5 Å². The highest BCUT2D eigenvalue weighted by molar-refractivity contribution is 7.93. The molecule has 4 rings (SSSR count). The van der Waals surface area contributed by atoms with Gasteiger partial charge < -0.3 is 4.90 Å². The zero-order valence-electron chi connectivity index (χ0n) is 21.4. The van der Waals surface area contributed by atoms with Crippen LogP contribution in [-0.2, 0) is 32.6 Å². The van der Waals surface area contributed by atoms with Gasteiger partial charge in [-0.1, -0.05) is 60.7 Å². The maximum absolute atomic E-state index is 13.7. The molecule has 2 aromatic heterocycles. The number of hydrogen-bond donors (Lipinski definition) is 1. The fourth-order valence-electron chi connectivity index (χ4n) is 4.04. The molecule has 1 unspecified atom stereocenters. The average molecular weight is 544 g/mol. The number of amides is 2. The summed E-state index contributed by atoms with van der Waals surface area (Å²) in [5, 5.41) is 5.28. The van der Waals surface area contributed by atoms with E-state index in [1.807, 2.05) is 36.4 Å². The number of carbonyl (C=O) groups is 2. The van der Waals surface area contributed by atoms with Crippen molar-refractivity contribution in [2.45, 2.75) is 19.9 Å². The minimum atomic E-state index is -4.17. The number of benzene rings is 2. The van der Waals surface area contributed by atoms with Gasteiger partial charge >= 0.3 is 0 Å². The van der Waals surface area contributed by atoms with Crippen LogP contribution in [0.3, 0.4) is 0 Å². The fourth-order valence-corrected chi connectivity index (χ4v) is 4.87. The van der Waals surface area contributed by atoms with Gasteiger partial charge in [-0.25, -0.2) is 13.1 Å². The van der Waals surface area contributed by atoms with E-state index in [0.717, 1.165) is 11.0 Å². The zero-order chi connectivity index (χ0) is 27.7. The second kappa shape index (κ2) is 12.8. The lowest BCUT2D eigenvalue weighted by molar-refractivity contribution is -0.132. The summed E-state index contributed by atoms with van der Waals surface area (Å²) in [7, 11) is -4.17. The van der Waals surface area contributed by atoms with Gasteiger partial charge in [0.2, 0.25) is 11.8 Å². The standard InChI is InChI=1S/C29H29N5O4S/c1-2-34(26-14-9-16-30-20-26)29(36)27(18-25-19-31-33(22-25)21-24-12-7-4-8-13-24)28(35)32-39(37,38)17-15-23-10-5-3-6-11-23/h3-17,19-20,22,27H,2,18,21H2,1H3,(H,32,35). The Kier molecular flexibility index (Phi) is 9.01. The van der Waals surface area contributed by atoms with Crippen LogP contribution in [0.15, 0.2) is 103 Å². The molecule has 0 aliphatic carbocycles. The van der Waals surface area contributed by atoms with Gasteiger partial charge in [0.1, 0.15) is 5.92 Å². The molecule has 4 aromatic rings. The molecule has 0 aliphatic heterocycles. The maximum Gasteiger partial charge on any atom is 0.257 e. The van der Waals surface area contributed by atoms with Crippen molar-refractivity contribution in [2.75, 3.05) is 11.4 Å². The maximum atomic E-state index is 13.7. The molecule has 0 saturated carbocycles. The monoisotopic (exact) mass is 543 g/mol. The molecule has 0 spiro atoms. The lowest BCUT2D eigenvalue weighted by atomic mass is 9.99. The van der Waals surface area contributed by atoms with Crippen LogP contribution in [0.4, 0.5) is 5.69 Å². The lowest BCUT2D eigenvalue weighted by Gasteiger charge is -2.25. The van der Waals surface area contributed by atoms with Crippen molar-refractivity contribution in [2.24, 2.45) is 5.92 Å². The van der Waals surface area contributed by atoms with Gasteiger partial charge in [0.25, 0.3) is 10.0 Å². The molecule has 10 heteroatoms. The third kappa shape index (κ3) is 7.71. The van der Waals surface area contributed by atoms with Gasteiger partial charge in [-0.3, -0.25) is 19.3 Å². The number of carbonyl (C=O) groups excluding carboxylic acids is 2. The summed E-state index contributed by atoms with van der Waals surface area (Å²) in [6.07, 6.45) is 7.79. The molecule has 1 N–H and O–H groups in total. The number of aromatic nitrogens is 3. The lowest BCUT2D eigenvalue weighted by Crippen LogP contribution is -2.46. The van der Waals surface area contributed by atoms with E-state index in [4.69, 9.17) is 0 Å². The van der Waals surface area contributed by atoms with Crippen LogP contribution in [0.5, 0.6) is 0 Å². The van der Waals surface area contributed by atoms with Crippen LogP contribution in [0.1, 0.15) is 23.6 Å². The number of rotatable bonds is 11. The number of nitrogens with zero attached hydrogens (tertiary/aromatic N) is 4. The second-order valence-electron chi connectivity index (χ2n) is 8.81. The zero-order valence-corrected chi connectivity index (χ0v) is 22.2. The van der Waals surface area contributed by atoms with Crippen LogP contribution in [-0.4, -0.2) is 41.5 Å². The molecule has 1 atom stereocenters. The highest BCUT2D eigenvalue weighted by Gasteiger charge is 2.33. The summed E-state index contributed by atoms with van der Waals surface area (Å²) in [5.74, 6) is -2.78. The summed E-state index contributed by atoms with van der Waals surface area (Å²) in [5.41, 5.74) is 2.83. The van der Waals surface area contributed by atoms with E-state index < -0.39 is 27.8 Å². The highest BCUT2D eigenvalue weighted by Crippen LogP contribution is 2.19. The first kappa shape index (κ1) is 27.5. The summed E-state index contributed by atoms with van der Waals surface area (Å²) in [6, 6.07) is 22.0. The van der Waals surface area contributed by atoms with Gasteiger partial charge in [0.05, 0.1) is 30.0 Å². The second-order valence-corrected chi connectivity index (χ2v) is 10.4. The molecule has 0 saturated heterocycles. The quantitative estimate of drug-likeness (QED) is 0.289. The molecule has 9 nitrogen and oxygen atoms in total. The van der Waals surface area contributed by atoms with Crippen molar-refractivity contribution in [3.8, 4) is 0 Å². The largest absolute Gasteiger partial charge is 0.310 e. The number of anilines is 1. The number of hydrogen-bond acceptors (Lipinski definition) is 6. The van der Waals surface area contributed by atoms with E-state index in [1.165, 1.54) is 17.2 Å². The van der Waals surface area contributed by atoms with E-state index in [2.05, 4.69) is 14.8 Å². The van der Waals surface area contributed by atoms with Gasteiger partial charge in [-0.15, -0.1) is 0 Å². The van der Waals surface area contributed by atoms with Crippen LogP contribution in [0.2, 0.25) is 0 Å². The number of pyridine rings is 1. The van der Waals surface area contributed by atoms with Gasteiger partial charge in [-0.2, -0.15) is 5.10 Å². The van der Waals surface area contributed by atoms with Crippen molar-refractivity contribution < 1.29 is 18.0 Å². The Morgan fingerprint density at radius 1 is 0.974 bits per heavy atom. The Morgan fingerprint density at radius 3 is 2.36 bits per heavy atom. The summed E-state index contributed by atoms with van der Waals surface area (Å²) in [4.78, 5) is 32.5. The normalized spacial score (nSPS) is 12.2. The minimum Gasteiger partial charge on any atom is -0.310 e. The molecule has 0 radical (unpaired) electrons. The topological polar surface area (TPSA) is 114 Å². The molecule has 0 fully saturated rings. The first-order valence-corrected chi connectivity index (χ1v) is 14.0. The number of sulfonamides is 1. The molecular weight excluding hydrogens is 514 g/mol. The fraction of sp³-hybridized carbons (Fsp3) is 0.172. The molecular formula is C29H29N5O4S. The summed E-state index contributed by atoms with van der Waals surface area (Å²) >= 11 is 0. The molecule has 2 aromatic carbocycles. The number of nitrogens with one attached hydrogen (secondary N) is 1. The van der Waals surface area contributed by atoms with Crippen LogP contribution in [0.25, 0.3) is 6.08 Å². The Bertz CT molecular complexity index is 1520. The summed E-state index contributed by atoms with van der Waals surface area (Å²) < 4.78 is 29.3. The SMILES string of the molecule is CCN(C(=O)C(Cc1cnn(Cc2ccccc2)c1)C(=O)NS(=O)(=O)C=Cc1ccccc1)c1cccnc1. The van der Waals surface area contributed by atoms with Crippen molar-refractivity contribution in [3.63, 3.8) is 0 Å². The molecule has 0 bridgehead atoms. The van der Waals surface area contributed by atoms with Crippen LogP contribution >= 0.6 is 0 Å². The van der Waals surface area contributed by atoms with E-state index in [0.29, 0.717) is 23.4 Å². The van der Waals surface area contributed by atoms with Crippen LogP contribution < -0.4 is 9.62 Å². The van der Waals surface area contributed by atoms with E-state index in [-0.39, 0.29) is 13.0 Å². The van der Waals surface area contributed by atoms with E-state index >= 15 is 0 Å². The van der Waals surface area contributed by atoms with E-state index in [1.54, 1.807) is 66.6 Å². The van der Waals surface area contributed by atoms with Gasteiger partial charge in [0, 0.05) is 18.9 Å². The third-order valence-electron chi connectivity index (χ3n) is 5.95. The molecule has 2 heterocycles. The molecule has 0 aliphatic rings. The van der Waals surface area contributed by atoms with Gasteiger partial charge in [0.15, 0.2) is 0 Å². The predicted octanol–water partition coefficient (Wildman–Crippen LogP) is 3.66. The van der Waals surface area contributed by atoms with Crippen molar-refractivity contribution in [1.29, 1.82) is 0 Å². The van der Waals surface area contributed by atoms with E-state index in [9.17, 15) is 18.0 Å². The minimum absolute atomic E-state index is 0.0336. The third-order valence-corrected chi connectivity index (χ3v) is 6.93.